The number of hydrogen-bond acceptors (Lipinski definition) is 3. The number of halogens is 1. The van der Waals surface area contributed by atoms with E-state index in [1.807, 2.05) is 36.4 Å². The summed E-state index contributed by atoms with van der Waals surface area (Å²) < 4.78 is 0. The molecule has 0 aliphatic heterocycles. The Morgan fingerprint density at radius 3 is 2.52 bits per heavy atom. The van der Waals surface area contributed by atoms with E-state index in [0.29, 0.717) is 22.0 Å². The number of nitrogens with two attached hydrogens (primary N) is 1. The van der Waals surface area contributed by atoms with Crippen LogP contribution in [0.3, 0.4) is 0 Å². The lowest BCUT2D eigenvalue weighted by Crippen LogP contribution is -2.13. The second-order valence-corrected chi connectivity index (χ2v) is 5.40. The topological polar surface area (TPSA) is 68.0 Å². The molecule has 0 saturated heterocycles. The molecule has 0 aliphatic carbocycles. The van der Waals surface area contributed by atoms with Crippen LogP contribution in [-0.4, -0.2) is 10.9 Å². The Balaban J connectivity index is 1.78. The van der Waals surface area contributed by atoms with Crippen LogP contribution in [0.1, 0.15) is 10.4 Å². The minimum absolute atomic E-state index is 0.323. The third-order valence-electron chi connectivity index (χ3n) is 3.33. The molecule has 2 aromatic carbocycles. The maximum Gasteiger partial charge on any atom is 0.257 e. The lowest BCUT2D eigenvalue weighted by atomic mass is 10.1. The van der Waals surface area contributed by atoms with E-state index in [9.17, 15) is 4.79 Å². The zero-order chi connectivity index (χ0) is 16.2. The molecule has 1 heterocycles. The van der Waals surface area contributed by atoms with Gasteiger partial charge in [-0.25, -0.2) is 0 Å². The standard InChI is InChI=1S/C18H14ClN3O/c19-16-8-6-13(20)10-15(16)18(23)22-14-7-9-17(21-11-14)12-4-2-1-3-5-12/h1-11H,20H2,(H,22,23). The smallest absolute Gasteiger partial charge is 0.257 e. The Hall–Kier alpha value is -2.85. The largest absolute Gasteiger partial charge is 0.399 e. The summed E-state index contributed by atoms with van der Waals surface area (Å²) in [6.45, 7) is 0. The number of pyridine rings is 1. The molecule has 0 atom stereocenters. The minimum Gasteiger partial charge on any atom is -0.399 e. The molecule has 0 radical (unpaired) electrons. The highest BCUT2D eigenvalue weighted by Crippen LogP contribution is 2.21. The van der Waals surface area contributed by atoms with Gasteiger partial charge in [0.25, 0.3) is 5.91 Å². The van der Waals surface area contributed by atoms with Gasteiger partial charge in [-0.05, 0) is 30.3 Å². The second-order valence-electron chi connectivity index (χ2n) is 4.99. The van der Waals surface area contributed by atoms with Gasteiger partial charge in [0.05, 0.1) is 28.2 Å². The number of nitrogens with zero attached hydrogens (tertiary/aromatic N) is 1. The summed E-state index contributed by atoms with van der Waals surface area (Å²) in [5.74, 6) is -0.323. The van der Waals surface area contributed by atoms with Gasteiger partial charge < -0.3 is 11.1 Å². The Kier molecular flexibility index (Phi) is 4.26. The molecule has 3 rings (SSSR count). The number of hydrogen-bond donors (Lipinski definition) is 2. The van der Waals surface area contributed by atoms with Crippen LogP contribution in [0.4, 0.5) is 11.4 Å². The molecule has 4 nitrogen and oxygen atoms in total. The maximum absolute atomic E-state index is 12.3. The van der Waals surface area contributed by atoms with Gasteiger partial charge in [-0.15, -0.1) is 0 Å². The zero-order valence-corrected chi connectivity index (χ0v) is 12.9. The molecule has 5 heteroatoms. The average molecular weight is 324 g/mol. The predicted molar refractivity (Wildman–Crippen MR) is 93.5 cm³/mol. The fraction of sp³-hybridized carbons (Fsp3) is 0. The van der Waals surface area contributed by atoms with Crippen molar-refractivity contribution in [1.82, 2.24) is 4.98 Å². The summed E-state index contributed by atoms with van der Waals surface area (Å²) in [4.78, 5) is 16.6. The van der Waals surface area contributed by atoms with Crippen LogP contribution in [0.25, 0.3) is 11.3 Å². The molecule has 0 saturated carbocycles. The van der Waals surface area contributed by atoms with Crippen LogP contribution in [0.2, 0.25) is 5.02 Å². The quantitative estimate of drug-likeness (QED) is 0.708. The fourth-order valence-corrected chi connectivity index (χ4v) is 2.37. The highest BCUT2D eigenvalue weighted by molar-refractivity contribution is 6.34. The summed E-state index contributed by atoms with van der Waals surface area (Å²) >= 11 is 6.03. The summed E-state index contributed by atoms with van der Waals surface area (Å²) in [6.07, 6.45) is 1.61. The molecule has 0 spiro atoms. The van der Waals surface area contributed by atoms with E-state index in [1.54, 1.807) is 30.5 Å². The summed E-state index contributed by atoms with van der Waals surface area (Å²) in [6, 6.07) is 18.3. The van der Waals surface area contributed by atoms with Gasteiger partial charge in [-0.2, -0.15) is 0 Å². The van der Waals surface area contributed by atoms with Crippen molar-refractivity contribution in [3.05, 3.63) is 77.4 Å². The van der Waals surface area contributed by atoms with Gasteiger partial charge in [0, 0.05) is 11.3 Å². The first-order valence-corrected chi connectivity index (χ1v) is 7.39. The Bertz CT molecular complexity index is 833. The van der Waals surface area contributed by atoms with Gasteiger partial charge in [-0.1, -0.05) is 41.9 Å². The lowest BCUT2D eigenvalue weighted by molar-refractivity contribution is 0.102. The van der Waals surface area contributed by atoms with E-state index in [4.69, 9.17) is 17.3 Å². The summed E-state index contributed by atoms with van der Waals surface area (Å²) in [7, 11) is 0. The third-order valence-corrected chi connectivity index (χ3v) is 3.66. The van der Waals surface area contributed by atoms with Crippen LogP contribution < -0.4 is 11.1 Å². The molecular formula is C18H14ClN3O. The number of carbonyl (C=O) groups excluding carboxylic acids is 1. The van der Waals surface area contributed by atoms with Gasteiger partial charge in [0.1, 0.15) is 0 Å². The van der Waals surface area contributed by atoms with Crippen molar-refractivity contribution in [3.8, 4) is 11.3 Å². The first kappa shape index (κ1) is 15.1. The number of carbonyl (C=O) groups is 1. The van der Waals surface area contributed by atoms with Crippen LogP contribution in [0.5, 0.6) is 0 Å². The first-order valence-electron chi connectivity index (χ1n) is 7.01. The zero-order valence-electron chi connectivity index (χ0n) is 12.2. The van der Waals surface area contributed by atoms with Crippen LogP contribution in [0.15, 0.2) is 66.9 Å². The normalized spacial score (nSPS) is 10.3. The van der Waals surface area contributed by atoms with Crippen LogP contribution in [-0.2, 0) is 0 Å². The van der Waals surface area contributed by atoms with Crippen LogP contribution in [0, 0.1) is 0 Å². The third kappa shape index (κ3) is 3.49. The SMILES string of the molecule is Nc1ccc(Cl)c(C(=O)Nc2ccc(-c3ccccc3)nc2)c1. The molecule has 0 unspecified atom stereocenters. The first-order chi connectivity index (χ1) is 11.1. The van der Waals surface area contributed by atoms with Gasteiger partial charge >= 0.3 is 0 Å². The summed E-state index contributed by atoms with van der Waals surface area (Å²) in [5, 5.41) is 3.12. The Morgan fingerprint density at radius 2 is 1.83 bits per heavy atom. The number of nitrogens with one attached hydrogen (secondary N) is 1. The number of rotatable bonds is 3. The monoisotopic (exact) mass is 323 g/mol. The number of amides is 1. The van der Waals surface area contributed by atoms with Gasteiger partial charge in [-0.3, -0.25) is 9.78 Å². The predicted octanol–water partition coefficient (Wildman–Crippen LogP) is 4.24. The highest BCUT2D eigenvalue weighted by Gasteiger charge is 2.11. The van der Waals surface area contributed by atoms with Crippen molar-refractivity contribution in [2.45, 2.75) is 0 Å². The molecule has 114 valence electrons. The van der Waals surface area contributed by atoms with E-state index in [0.717, 1.165) is 11.3 Å². The Morgan fingerprint density at radius 1 is 1.04 bits per heavy atom. The van der Waals surface area contributed by atoms with E-state index in [2.05, 4.69) is 10.3 Å². The molecule has 0 fully saturated rings. The lowest BCUT2D eigenvalue weighted by Gasteiger charge is -2.08. The van der Waals surface area contributed by atoms with E-state index in [1.165, 1.54) is 0 Å². The molecule has 0 aliphatic rings. The summed E-state index contributed by atoms with van der Waals surface area (Å²) in [5.41, 5.74) is 8.95. The number of anilines is 2. The molecule has 1 amide bonds. The van der Waals surface area contributed by atoms with Gasteiger partial charge in [0.2, 0.25) is 0 Å². The number of benzene rings is 2. The van der Waals surface area contributed by atoms with E-state index < -0.39 is 0 Å². The molecule has 3 aromatic rings. The molecule has 1 aromatic heterocycles. The molecule has 23 heavy (non-hydrogen) atoms. The van der Waals surface area contributed by atoms with Crippen molar-refractivity contribution in [2.75, 3.05) is 11.1 Å². The molecular weight excluding hydrogens is 310 g/mol. The van der Waals surface area contributed by atoms with E-state index in [-0.39, 0.29) is 5.91 Å². The fourth-order valence-electron chi connectivity index (χ4n) is 2.16. The number of nitrogen functional groups attached to an aromatic ring is 1. The Labute approximate surface area is 138 Å². The van der Waals surface area contributed by atoms with E-state index >= 15 is 0 Å². The van der Waals surface area contributed by atoms with Crippen LogP contribution >= 0.6 is 11.6 Å². The van der Waals surface area contributed by atoms with Crippen molar-refractivity contribution < 1.29 is 4.79 Å². The van der Waals surface area contributed by atoms with Crippen molar-refractivity contribution in [3.63, 3.8) is 0 Å². The van der Waals surface area contributed by atoms with Crippen molar-refractivity contribution >= 4 is 28.9 Å². The maximum atomic E-state index is 12.3. The highest BCUT2D eigenvalue weighted by atomic mass is 35.5. The molecule has 0 bridgehead atoms. The minimum atomic E-state index is -0.323. The molecule has 3 N–H and O–H groups in total. The van der Waals surface area contributed by atoms with Gasteiger partial charge in [0.15, 0.2) is 0 Å². The number of aromatic nitrogens is 1. The van der Waals surface area contributed by atoms with Crippen molar-refractivity contribution in [2.24, 2.45) is 0 Å². The van der Waals surface area contributed by atoms with Crippen molar-refractivity contribution in [1.29, 1.82) is 0 Å². The average Bonchev–Trinajstić information content (AvgIpc) is 2.58. The second kappa shape index (κ2) is 6.50.